The van der Waals surface area contributed by atoms with Crippen LogP contribution >= 0.6 is 0 Å². The molecule has 0 unspecified atom stereocenters. The van der Waals surface area contributed by atoms with E-state index in [1.165, 1.54) is 11.6 Å². The Hall–Kier alpha value is -3.04. The largest absolute Gasteiger partial charge is 0.338 e. The van der Waals surface area contributed by atoms with Crippen LogP contribution in [0.15, 0.2) is 57.9 Å². The number of carbonyl (C=O) groups is 1. The fraction of sp³-hybridized carbons (Fsp3) is 0.375. The zero-order valence-corrected chi connectivity index (χ0v) is 19.7. The van der Waals surface area contributed by atoms with Crippen molar-refractivity contribution in [2.24, 2.45) is 0 Å². The predicted molar refractivity (Wildman–Crippen MR) is 124 cm³/mol. The van der Waals surface area contributed by atoms with E-state index in [-0.39, 0.29) is 22.1 Å². The van der Waals surface area contributed by atoms with Crippen LogP contribution in [0.5, 0.6) is 0 Å². The van der Waals surface area contributed by atoms with Crippen molar-refractivity contribution in [1.29, 1.82) is 0 Å². The number of piperazine rings is 1. The second-order valence-electron chi connectivity index (χ2n) is 8.26. The van der Waals surface area contributed by atoms with Gasteiger partial charge in [0.05, 0.1) is 22.8 Å². The molecule has 1 saturated heterocycles. The number of sulfone groups is 1. The molecule has 0 radical (unpaired) electrons. The summed E-state index contributed by atoms with van der Waals surface area (Å²) < 4.78 is 30.7. The van der Waals surface area contributed by atoms with Gasteiger partial charge in [-0.05, 0) is 25.5 Å². The van der Waals surface area contributed by atoms with Crippen LogP contribution in [0.4, 0.5) is 0 Å². The second-order valence-corrected chi connectivity index (χ2v) is 10.3. The second kappa shape index (κ2) is 9.84. The van der Waals surface area contributed by atoms with E-state index in [4.69, 9.17) is 4.52 Å². The normalized spacial score (nSPS) is 15.0. The molecule has 1 aliphatic rings. The average Bonchev–Trinajstić information content (AvgIpc) is 3.28. The van der Waals surface area contributed by atoms with E-state index in [1.807, 2.05) is 38.1 Å². The molecule has 1 aliphatic heterocycles. The number of nitrogens with zero attached hydrogens (tertiary/aromatic N) is 4. The van der Waals surface area contributed by atoms with Crippen LogP contribution in [0.25, 0.3) is 11.4 Å². The van der Waals surface area contributed by atoms with Crippen molar-refractivity contribution in [3.63, 3.8) is 0 Å². The maximum atomic E-state index is 13.1. The zero-order valence-electron chi connectivity index (χ0n) is 18.9. The molecule has 0 bridgehead atoms. The lowest BCUT2D eigenvalue weighted by Crippen LogP contribution is -2.48. The van der Waals surface area contributed by atoms with E-state index in [1.54, 1.807) is 23.1 Å². The summed E-state index contributed by atoms with van der Waals surface area (Å²) in [5.41, 5.74) is 2.32. The molecule has 33 heavy (non-hydrogen) atoms. The van der Waals surface area contributed by atoms with Crippen LogP contribution < -0.4 is 0 Å². The summed E-state index contributed by atoms with van der Waals surface area (Å²) in [6.07, 6.45) is 0.505. The Labute approximate surface area is 194 Å². The van der Waals surface area contributed by atoms with E-state index in [2.05, 4.69) is 15.0 Å². The number of benzene rings is 2. The molecule has 0 spiro atoms. The molecule has 174 valence electrons. The van der Waals surface area contributed by atoms with Gasteiger partial charge < -0.3 is 9.42 Å². The molecule has 2 aromatic carbocycles. The summed E-state index contributed by atoms with van der Waals surface area (Å²) >= 11 is 0. The molecule has 9 heteroatoms. The van der Waals surface area contributed by atoms with Crippen LogP contribution in [0.1, 0.15) is 35.2 Å². The Morgan fingerprint density at radius 1 is 1.03 bits per heavy atom. The summed E-state index contributed by atoms with van der Waals surface area (Å²) in [4.78, 5) is 21.6. The summed E-state index contributed by atoms with van der Waals surface area (Å²) in [6.45, 7) is 6.62. The summed E-state index contributed by atoms with van der Waals surface area (Å²) in [7, 11) is -3.48. The van der Waals surface area contributed by atoms with Crippen LogP contribution in [0.2, 0.25) is 0 Å². The Morgan fingerprint density at radius 3 is 2.42 bits per heavy atom. The van der Waals surface area contributed by atoms with Gasteiger partial charge in [-0.2, -0.15) is 4.98 Å². The third-order valence-electron chi connectivity index (χ3n) is 5.72. The number of rotatable bonds is 7. The zero-order chi connectivity index (χ0) is 23.4. The van der Waals surface area contributed by atoms with Crippen molar-refractivity contribution < 1.29 is 17.7 Å². The molecule has 2 heterocycles. The van der Waals surface area contributed by atoms with Gasteiger partial charge in [0, 0.05) is 31.7 Å². The molecule has 4 rings (SSSR count). The molecule has 0 atom stereocenters. The summed E-state index contributed by atoms with van der Waals surface area (Å²) in [5, 5.41) is 4.08. The van der Waals surface area contributed by atoms with Crippen LogP contribution in [0, 0.1) is 6.92 Å². The SMILES string of the molecule is CCCS(=O)(=O)c1ccccc1C(=O)N1CCN(Cc2nc(-c3ccc(C)cc3)no2)CC1. The molecular formula is C24H28N4O4S. The lowest BCUT2D eigenvalue weighted by Gasteiger charge is -2.34. The number of hydrogen-bond donors (Lipinski definition) is 0. The maximum Gasteiger partial charge on any atom is 0.255 e. The highest BCUT2D eigenvalue weighted by Gasteiger charge is 2.28. The van der Waals surface area contributed by atoms with Crippen molar-refractivity contribution in [2.75, 3.05) is 31.9 Å². The molecule has 0 saturated carbocycles. The van der Waals surface area contributed by atoms with Crippen molar-refractivity contribution >= 4 is 15.7 Å². The Kier molecular flexibility index (Phi) is 6.90. The number of amides is 1. The van der Waals surface area contributed by atoms with E-state index in [0.717, 1.165) is 5.56 Å². The predicted octanol–water partition coefficient (Wildman–Crippen LogP) is 3.19. The third-order valence-corrected chi connectivity index (χ3v) is 7.69. The topological polar surface area (TPSA) is 96.6 Å². The minimum absolute atomic E-state index is 0.0276. The quantitative estimate of drug-likeness (QED) is 0.525. The lowest BCUT2D eigenvalue weighted by molar-refractivity contribution is 0.0611. The first kappa shape index (κ1) is 23.1. The fourth-order valence-corrected chi connectivity index (χ4v) is 5.44. The van der Waals surface area contributed by atoms with Crippen molar-refractivity contribution in [2.45, 2.75) is 31.7 Å². The van der Waals surface area contributed by atoms with Crippen LogP contribution in [-0.2, 0) is 16.4 Å². The van der Waals surface area contributed by atoms with Crippen molar-refractivity contribution in [1.82, 2.24) is 19.9 Å². The van der Waals surface area contributed by atoms with Gasteiger partial charge in [-0.15, -0.1) is 0 Å². The van der Waals surface area contributed by atoms with Gasteiger partial charge in [0.25, 0.3) is 5.91 Å². The fourth-order valence-electron chi connectivity index (χ4n) is 3.90. The average molecular weight is 469 g/mol. The molecule has 3 aromatic rings. The van der Waals surface area contributed by atoms with E-state index < -0.39 is 9.84 Å². The van der Waals surface area contributed by atoms with E-state index >= 15 is 0 Å². The molecule has 0 aliphatic carbocycles. The van der Waals surface area contributed by atoms with Gasteiger partial charge in [-0.25, -0.2) is 8.42 Å². The maximum absolute atomic E-state index is 13.1. The first-order valence-electron chi connectivity index (χ1n) is 11.1. The molecular weight excluding hydrogens is 440 g/mol. The minimum Gasteiger partial charge on any atom is -0.338 e. The summed E-state index contributed by atoms with van der Waals surface area (Å²) in [5.74, 6) is 0.870. The standard InChI is InChI=1S/C24H28N4O4S/c1-3-16-33(30,31)21-7-5-4-6-20(21)24(29)28-14-12-27(13-15-28)17-22-25-23(26-32-22)19-10-8-18(2)9-11-19/h4-11H,3,12-17H2,1-2H3. The number of aromatic nitrogens is 2. The Bertz CT molecular complexity index is 1210. The molecule has 1 amide bonds. The minimum atomic E-state index is -3.48. The van der Waals surface area contributed by atoms with Gasteiger partial charge in [-0.3, -0.25) is 9.69 Å². The highest BCUT2D eigenvalue weighted by Crippen LogP contribution is 2.21. The first-order valence-corrected chi connectivity index (χ1v) is 12.8. The third kappa shape index (κ3) is 5.31. The van der Waals surface area contributed by atoms with Gasteiger partial charge in [-0.1, -0.05) is 54.0 Å². The van der Waals surface area contributed by atoms with Gasteiger partial charge in [0.1, 0.15) is 0 Å². The van der Waals surface area contributed by atoms with E-state index in [0.29, 0.717) is 50.9 Å². The Morgan fingerprint density at radius 2 is 1.73 bits per heavy atom. The molecule has 0 N–H and O–H groups in total. The monoisotopic (exact) mass is 468 g/mol. The smallest absolute Gasteiger partial charge is 0.255 e. The number of hydrogen-bond acceptors (Lipinski definition) is 7. The van der Waals surface area contributed by atoms with Crippen LogP contribution in [0.3, 0.4) is 0 Å². The molecule has 8 nitrogen and oxygen atoms in total. The number of aryl methyl sites for hydroxylation is 1. The van der Waals surface area contributed by atoms with E-state index in [9.17, 15) is 13.2 Å². The van der Waals surface area contributed by atoms with Crippen LogP contribution in [-0.4, -0.2) is 66.2 Å². The first-order chi connectivity index (χ1) is 15.9. The molecule has 1 fully saturated rings. The van der Waals surface area contributed by atoms with Crippen molar-refractivity contribution in [3.8, 4) is 11.4 Å². The summed E-state index contributed by atoms with van der Waals surface area (Å²) in [6, 6.07) is 14.4. The lowest BCUT2D eigenvalue weighted by atomic mass is 10.1. The van der Waals surface area contributed by atoms with Gasteiger partial charge in [0.2, 0.25) is 11.7 Å². The van der Waals surface area contributed by atoms with Gasteiger partial charge in [0.15, 0.2) is 9.84 Å². The Balaban J connectivity index is 1.38. The number of carbonyl (C=O) groups excluding carboxylic acids is 1. The van der Waals surface area contributed by atoms with Crippen molar-refractivity contribution in [3.05, 3.63) is 65.5 Å². The highest BCUT2D eigenvalue weighted by atomic mass is 32.2. The highest BCUT2D eigenvalue weighted by molar-refractivity contribution is 7.91. The van der Waals surface area contributed by atoms with Gasteiger partial charge >= 0.3 is 0 Å². The molecule has 1 aromatic heterocycles.